The summed E-state index contributed by atoms with van der Waals surface area (Å²) in [6, 6.07) is 7.47. The zero-order valence-corrected chi connectivity index (χ0v) is 37.5. The Kier molecular flexibility index (Phi) is 21.5. The molecule has 0 radical (unpaired) electrons. The second kappa shape index (κ2) is 27.5. The molecule has 63 heavy (non-hydrogen) atoms. The molecule has 4 heterocycles. The number of aromatic nitrogens is 2. The fraction of sp³-hybridized carbons (Fsp3) is 0.605. The van der Waals surface area contributed by atoms with Gasteiger partial charge in [-0.25, -0.2) is 9.78 Å². The van der Waals surface area contributed by atoms with Crippen molar-refractivity contribution >= 4 is 76.2 Å². The van der Waals surface area contributed by atoms with Gasteiger partial charge in [-0.05, 0) is 63.2 Å². The molecule has 6 amide bonds. The third kappa shape index (κ3) is 17.8. The molecule has 3 fully saturated rings. The number of hydrogen-bond acceptors (Lipinski definition) is 13. The summed E-state index contributed by atoms with van der Waals surface area (Å²) in [6.07, 6.45) is 10.1. The quantitative estimate of drug-likeness (QED) is 0.0343. The van der Waals surface area contributed by atoms with Crippen LogP contribution < -0.4 is 37.2 Å². The van der Waals surface area contributed by atoms with E-state index >= 15 is 0 Å². The first-order valence-electron chi connectivity index (χ1n) is 22.0. The van der Waals surface area contributed by atoms with Crippen molar-refractivity contribution in [3.8, 4) is 0 Å². The highest BCUT2D eigenvalue weighted by atomic mass is 35.5. The summed E-state index contributed by atoms with van der Waals surface area (Å²) in [7, 11) is 0. The molecule has 4 unspecified atom stereocenters. The number of urea groups is 1. The van der Waals surface area contributed by atoms with E-state index in [1.165, 1.54) is 12.3 Å². The molecule has 1 aromatic carbocycles. The van der Waals surface area contributed by atoms with Crippen LogP contribution in [0.2, 0.25) is 5.02 Å². The van der Waals surface area contributed by atoms with Gasteiger partial charge in [-0.15, -0.1) is 0 Å². The van der Waals surface area contributed by atoms with Crippen molar-refractivity contribution in [3.05, 3.63) is 48.1 Å². The molecule has 0 saturated carbocycles. The molecule has 4 atom stereocenters. The van der Waals surface area contributed by atoms with E-state index in [0.29, 0.717) is 118 Å². The molecule has 2 aromatic rings. The van der Waals surface area contributed by atoms with Gasteiger partial charge in [0.05, 0.1) is 56.1 Å². The Morgan fingerprint density at radius 1 is 0.889 bits per heavy atom. The van der Waals surface area contributed by atoms with Crippen molar-refractivity contribution in [2.24, 2.45) is 0 Å². The number of ether oxygens (including phenoxy) is 3. The minimum atomic E-state index is -0.346. The molecule has 346 valence electrons. The number of carbonyl (C=O) groups is 5. The first-order valence-corrected chi connectivity index (χ1v) is 23.4. The lowest BCUT2D eigenvalue weighted by Gasteiger charge is -2.33. The van der Waals surface area contributed by atoms with Crippen LogP contribution in [-0.4, -0.2) is 139 Å². The number of amides is 6. The van der Waals surface area contributed by atoms with Crippen molar-refractivity contribution in [2.75, 3.05) is 87.5 Å². The van der Waals surface area contributed by atoms with Crippen molar-refractivity contribution < 1.29 is 38.2 Å². The molecule has 3 aliphatic rings. The van der Waals surface area contributed by atoms with Crippen LogP contribution in [0.25, 0.3) is 0 Å². The molecule has 18 nitrogen and oxygen atoms in total. The zero-order chi connectivity index (χ0) is 44.7. The fourth-order valence-corrected chi connectivity index (χ4v) is 9.08. The van der Waals surface area contributed by atoms with Crippen molar-refractivity contribution in [2.45, 2.75) is 94.0 Å². The van der Waals surface area contributed by atoms with E-state index in [2.05, 4.69) is 53.8 Å². The third-order valence-corrected chi connectivity index (χ3v) is 12.5. The Balaban J connectivity index is 0.803. The maximum atomic E-state index is 13.0. The van der Waals surface area contributed by atoms with Gasteiger partial charge in [0, 0.05) is 75.7 Å². The topological polar surface area (TPSA) is 226 Å². The maximum absolute atomic E-state index is 13.0. The monoisotopic (exact) mass is 914 g/mol. The number of rotatable bonds is 29. The molecule has 3 aliphatic heterocycles. The van der Waals surface area contributed by atoms with Crippen LogP contribution in [0.1, 0.15) is 70.6 Å². The van der Waals surface area contributed by atoms with E-state index < -0.39 is 0 Å². The summed E-state index contributed by atoms with van der Waals surface area (Å²) in [4.78, 5) is 71.6. The molecule has 3 saturated heterocycles. The highest BCUT2D eigenvalue weighted by Crippen LogP contribution is 2.33. The molecule has 7 N–H and O–H groups in total. The molecule has 0 spiro atoms. The fourth-order valence-electron chi connectivity index (χ4n) is 7.40. The van der Waals surface area contributed by atoms with Gasteiger partial charge in [-0.3, -0.25) is 19.2 Å². The number of fused-ring (bicyclic) bond motifs is 1. The molecule has 0 aliphatic carbocycles. The highest BCUT2D eigenvalue weighted by Gasteiger charge is 2.42. The minimum absolute atomic E-state index is 0.00547. The van der Waals surface area contributed by atoms with Gasteiger partial charge < -0.3 is 56.3 Å². The number of para-hydroxylation sites is 2. The smallest absolute Gasteiger partial charge is 0.315 e. The molecule has 20 heteroatoms. The predicted octanol–water partition coefficient (Wildman–Crippen LogP) is 4.36. The van der Waals surface area contributed by atoms with Gasteiger partial charge in [-0.2, -0.15) is 16.7 Å². The molecule has 0 bridgehead atoms. The van der Waals surface area contributed by atoms with Crippen molar-refractivity contribution in [1.29, 1.82) is 0 Å². The van der Waals surface area contributed by atoms with Gasteiger partial charge >= 0.3 is 6.03 Å². The van der Waals surface area contributed by atoms with Gasteiger partial charge in [0.25, 0.3) is 0 Å². The normalized spacial score (nSPS) is 19.1. The van der Waals surface area contributed by atoms with Crippen LogP contribution in [0.15, 0.2) is 43.1 Å². The van der Waals surface area contributed by atoms with Crippen LogP contribution in [-0.2, 0) is 33.4 Å². The minimum Gasteiger partial charge on any atom is -0.379 e. The Morgan fingerprint density at radius 2 is 1.57 bits per heavy atom. The van der Waals surface area contributed by atoms with E-state index in [4.69, 9.17) is 25.8 Å². The van der Waals surface area contributed by atoms with Crippen LogP contribution in [0.5, 0.6) is 0 Å². The maximum Gasteiger partial charge on any atom is 0.315 e. The van der Waals surface area contributed by atoms with Crippen LogP contribution >= 0.6 is 23.4 Å². The Morgan fingerprint density at radius 3 is 2.29 bits per heavy atom. The third-order valence-electron chi connectivity index (χ3n) is 10.7. The first kappa shape index (κ1) is 49.3. The first-order chi connectivity index (χ1) is 30.7. The van der Waals surface area contributed by atoms with E-state index in [9.17, 15) is 24.0 Å². The van der Waals surface area contributed by atoms with E-state index in [1.54, 1.807) is 18.2 Å². The lowest BCUT2D eigenvalue weighted by atomic mass is 10.0. The summed E-state index contributed by atoms with van der Waals surface area (Å²) in [6.45, 7) is 8.56. The number of unbranched alkanes of at least 4 members (excludes halogenated alkanes) is 1. The van der Waals surface area contributed by atoms with Gasteiger partial charge in [0.2, 0.25) is 29.6 Å². The summed E-state index contributed by atoms with van der Waals surface area (Å²) >= 11 is 8.30. The number of nitrogens with one attached hydrogen (secondary N) is 7. The molecule has 1 aromatic heterocycles. The summed E-state index contributed by atoms with van der Waals surface area (Å²) in [5, 5.41) is 21.8. The van der Waals surface area contributed by atoms with Crippen molar-refractivity contribution in [3.63, 3.8) is 0 Å². The van der Waals surface area contributed by atoms with Gasteiger partial charge in [0.1, 0.15) is 5.02 Å². The Bertz CT molecular complexity index is 1810. The Labute approximate surface area is 378 Å². The standard InChI is InChI=1S/C43H63ClN10O8S/c1-2-36(55)49-32-12-3-4-13-33(32)50-41-31(44)27-47-42(53-41)48-30-11-8-20-54(28-30)39(58)17-7-16-38(57)46-19-10-22-61-24-26-62-25-23-60-21-9-18-45-37(56)15-6-5-14-35-40-34(29-63-35)51-43(59)52-40/h2-4,12-13,27,30,34-35,40H,1,5-11,14-26,28-29H2,(H,45,56)(H,46,57)(H,49,55)(H2,51,52,59)(H2,47,48,50,53). The molecule has 5 rings (SSSR count). The summed E-state index contributed by atoms with van der Waals surface area (Å²) < 4.78 is 16.7. The number of piperidine rings is 1. The van der Waals surface area contributed by atoms with Crippen LogP contribution in [0, 0.1) is 0 Å². The highest BCUT2D eigenvalue weighted by molar-refractivity contribution is 8.00. The number of halogens is 1. The second-order valence-electron chi connectivity index (χ2n) is 15.5. The second-order valence-corrected chi connectivity index (χ2v) is 17.2. The number of hydrogen-bond donors (Lipinski definition) is 7. The average molecular weight is 916 g/mol. The number of likely N-dealkylation sites (tertiary alicyclic amines) is 1. The van der Waals surface area contributed by atoms with Crippen molar-refractivity contribution in [1.82, 2.24) is 36.1 Å². The SMILES string of the molecule is C=CC(=O)Nc1ccccc1Nc1nc(NC2CCCN(C(=O)CCCC(=O)NCCCOCCOCCOCCCNC(=O)CCCCC3SCC4NC(=O)NC43)C2)ncc1Cl. The lowest BCUT2D eigenvalue weighted by molar-refractivity contribution is -0.132. The van der Waals surface area contributed by atoms with Crippen LogP contribution in [0.3, 0.4) is 0 Å². The molecular formula is C43H63ClN10O8S. The number of thioether (sulfide) groups is 1. The number of carbonyl (C=O) groups excluding carboxylic acids is 5. The van der Waals surface area contributed by atoms with E-state index in [0.717, 1.165) is 44.3 Å². The number of benzene rings is 1. The van der Waals surface area contributed by atoms with Gasteiger partial charge in [0.15, 0.2) is 5.82 Å². The van der Waals surface area contributed by atoms with Gasteiger partial charge in [-0.1, -0.05) is 36.7 Å². The van der Waals surface area contributed by atoms with E-state index in [1.807, 2.05) is 22.7 Å². The zero-order valence-electron chi connectivity index (χ0n) is 35.9. The van der Waals surface area contributed by atoms with E-state index in [-0.39, 0.29) is 60.6 Å². The predicted molar refractivity (Wildman–Crippen MR) is 244 cm³/mol. The number of anilines is 4. The average Bonchev–Trinajstić information content (AvgIpc) is 3.84. The largest absolute Gasteiger partial charge is 0.379 e. The van der Waals surface area contributed by atoms with Crippen LogP contribution in [0.4, 0.5) is 27.9 Å². The summed E-state index contributed by atoms with van der Waals surface area (Å²) in [5.74, 6) is 1.29. The lowest BCUT2D eigenvalue weighted by Crippen LogP contribution is -2.45. The number of nitrogens with zero attached hydrogens (tertiary/aromatic N) is 3. The Hall–Kier alpha value is -4.69. The summed E-state index contributed by atoms with van der Waals surface area (Å²) in [5.41, 5.74) is 1.13. The molecular weight excluding hydrogens is 852 g/mol.